The van der Waals surface area contributed by atoms with Crippen molar-refractivity contribution in [2.45, 2.75) is 25.9 Å². The van der Waals surface area contributed by atoms with Gasteiger partial charge in [0.05, 0.1) is 16.2 Å². The average molecular weight is 299 g/mol. The molecule has 0 atom stereocenters. The van der Waals surface area contributed by atoms with Crippen LogP contribution >= 0.6 is 0 Å². The van der Waals surface area contributed by atoms with E-state index < -0.39 is 22.4 Å². The zero-order valence-electron chi connectivity index (χ0n) is 11.1. The van der Waals surface area contributed by atoms with Crippen molar-refractivity contribution in [1.29, 1.82) is 0 Å². The van der Waals surface area contributed by atoms with Crippen LogP contribution < -0.4 is 5.43 Å². The SMILES string of the molecule is CC1=C/C(=N\Nc2ccc(C(F)(F)F)cc2[N+](=O)[O-])CC1. The van der Waals surface area contributed by atoms with Crippen molar-refractivity contribution < 1.29 is 18.1 Å². The minimum atomic E-state index is -4.62. The number of hydrazone groups is 1. The first-order valence-electron chi connectivity index (χ1n) is 6.13. The van der Waals surface area contributed by atoms with Gasteiger partial charge in [-0.05, 0) is 38.0 Å². The van der Waals surface area contributed by atoms with Gasteiger partial charge in [0, 0.05) is 6.07 Å². The average Bonchev–Trinajstić information content (AvgIpc) is 2.80. The summed E-state index contributed by atoms with van der Waals surface area (Å²) in [7, 11) is 0. The molecule has 0 radical (unpaired) electrons. The van der Waals surface area contributed by atoms with E-state index in [1.165, 1.54) is 0 Å². The van der Waals surface area contributed by atoms with Crippen molar-refractivity contribution in [1.82, 2.24) is 0 Å². The molecule has 0 amide bonds. The van der Waals surface area contributed by atoms with Gasteiger partial charge in [-0.1, -0.05) is 5.57 Å². The van der Waals surface area contributed by atoms with Gasteiger partial charge in [0.1, 0.15) is 5.69 Å². The molecule has 0 aromatic heterocycles. The Balaban J connectivity index is 2.29. The monoisotopic (exact) mass is 299 g/mol. The molecule has 0 heterocycles. The van der Waals surface area contributed by atoms with Gasteiger partial charge in [0.25, 0.3) is 5.69 Å². The second-order valence-electron chi connectivity index (χ2n) is 4.69. The van der Waals surface area contributed by atoms with Crippen molar-refractivity contribution in [3.8, 4) is 0 Å². The number of rotatable bonds is 3. The molecule has 1 aliphatic carbocycles. The first-order valence-corrected chi connectivity index (χ1v) is 6.13. The van der Waals surface area contributed by atoms with Crippen LogP contribution in [0.1, 0.15) is 25.3 Å². The molecule has 1 N–H and O–H groups in total. The largest absolute Gasteiger partial charge is 0.416 e. The topological polar surface area (TPSA) is 67.5 Å². The Bertz CT molecular complexity index is 636. The molecule has 1 aromatic carbocycles. The molecule has 0 spiro atoms. The third kappa shape index (κ3) is 3.59. The summed E-state index contributed by atoms with van der Waals surface area (Å²) in [6.45, 7) is 1.93. The van der Waals surface area contributed by atoms with Crippen LogP contribution in [0.3, 0.4) is 0 Å². The molecular formula is C13H12F3N3O2. The predicted molar refractivity (Wildman–Crippen MR) is 72.1 cm³/mol. The number of allylic oxidation sites excluding steroid dienone is 2. The summed E-state index contributed by atoms with van der Waals surface area (Å²) < 4.78 is 37.7. The lowest BCUT2D eigenvalue weighted by molar-refractivity contribution is -0.384. The summed E-state index contributed by atoms with van der Waals surface area (Å²) in [6, 6.07) is 2.29. The van der Waals surface area contributed by atoms with Crippen molar-refractivity contribution >= 4 is 17.1 Å². The number of nitrogens with zero attached hydrogens (tertiary/aromatic N) is 2. The number of benzene rings is 1. The quantitative estimate of drug-likeness (QED) is 0.674. The molecule has 1 aromatic rings. The number of anilines is 1. The van der Waals surface area contributed by atoms with Gasteiger partial charge in [-0.25, -0.2) is 0 Å². The highest BCUT2D eigenvalue weighted by Gasteiger charge is 2.33. The van der Waals surface area contributed by atoms with E-state index in [4.69, 9.17) is 0 Å². The summed E-state index contributed by atoms with van der Waals surface area (Å²) in [6.07, 6.45) is -1.23. The summed E-state index contributed by atoms with van der Waals surface area (Å²) in [5, 5.41) is 14.9. The number of halogens is 3. The number of hydrogen-bond donors (Lipinski definition) is 1. The van der Waals surface area contributed by atoms with Gasteiger partial charge < -0.3 is 0 Å². The van der Waals surface area contributed by atoms with E-state index in [2.05, 4.69) is 10.5 Å². The Kier molecular flexibility index (Phi) is 3.97. The first-order chi connectivity index (χ1) is 9.77. The van der Waals surface area contributed by atoms with Crippen LogP contribution in [-0.4, -0.2) is 10.6 Å². The standard InChI is InChI=1S/C13H12F3N3O2/c1-8-2-4-10(6-8)17-18-11-5-3-9(13(14,15)16)7-12(11)19(20)21/h3,5-7,18H,2,4H2,1H3/b17-10-. The highest BCUT2D eigenvalue weighted by Crippen LogP contribution is 2.35. The Morgan fingerprint density at radius 3 is 2.57 bits per heavy atom. The van der Waals surface area contributed by atoms with E-state index >= 15 is 0 Å². The number of nitrogens with one attached hydrogen (secondary N) is 1. The highest BCUT2D eigenvalue weighted by molar-refractivity contribution is 5.98. The van der Waals surface area contributed by atoms with Crippen LogP contribution in [0.5, 0.6) is 0 Å². The van der Waals surface area contributed by atoms with E-state index in [1.807, 2.05) is 13.0 Å². The van der Waals surface area contributed by atoms with Gasteiger partial charge in [0.15, 0.2) is 0 Å². The maximum absolute atomic E-state index is 12.6. The molecule has 5 nitrogen and oxygen atoms in total. The number of hydrogen-bond acceptors (Lipinski definition) is 4. The minimum absolute atomic E-state index is 0.0709. The number of nitro benzene ring substituents is 1. The van der Waals surface area contributed by atoms with Crippen LogP contribution in [0.4, 0.5) is 24.5 Å². The van der Waals surface area contributed by atoms with Crippen molar-refractivity contribution in [2.24, 2.45) is 5.10 Å². The lowest BCUT2D eigenvalue weighted by atomic mass is 10.1. The van der Waals surface area contributed by atoms with Gasteiger partial charge in [-0.15, -0.1) is 0 Å². The van der Waals surface area contributed by atoms with Crippen LogP contribution in [0.2, 0.25) is 0 Å². The third-order valence-corrected chi connectivity index (χ3v) is 3.03. The Morgan fingerprint density at radius 2 is 2.05 bits per heavy atom. The Morgan fingerprint density at radius 1 is 1.33 bits per heavy atom. The molecule has 1 aliphatic rings. The third-order valence-electron chi connectivity index (χ3n) is 3.03. The Labute approximate surface area is 118 Å². The van der Waals surface area contributed by atoms with Gasteiger partial charge in [0.2, 0.25) is 0 Å². The fraction of sp³-hybridized carbons (Fsp3) is 0.308. The number of nitro groups is 1. The smallest absolute Gasteiger partial charge is 0.271 e. The molecule has 0 saturated heterocycles. The fourth-order valence-electron chi connectivity index (χ4n) is 1.93. The molecule has 0 bridgehead atoms. The number of alkyl halides is 3. The van der Waals surface area contributed by atoms with Gasteiger partial charge in [-0.3, -0.25) is 15.5 Å². The van der Waals surface area contributed by atoms with E-state index in [0.29, 0.717) is 18.2 Å². The molecule has 0 fully saturated rings. The summed E-state index contributed by atoms with van der Waals surface area (Å²) in [5.74, 6) is 0. The molecule has 8 heteroatoms. The van der Waals surface area contributed by atoms with Gasteiger partial charge >= 0.3 is 6.18 Å². The first kappa shape index (κ1) is 15.0. The van der Waals surface area contributed by atoms with Crippen LogP contribution in [0, 0.1) is 10.1 Å². The second-order valence-corrected chi connectivity index (χ2v) is 4.69. The molecule has 0 saturated carbocycles. The second kappa shape index (κ2) is 5.55. The molecule has 21 heavy (non-hydrogen) atoms. The zero-order chi connectivity index (χ0) is 15.6. The minimum Gasteiger partial charge on any atom is -0.271 e. The van der Waals surface area contributed by atoms with E-state index in [1.54, 1.807) is 0 Å². The van der Waals surface area contributed by atoms with E-state index in [0.717, 1.165) is 24.1 Å². The zero-order valence-corrected chi connectivity index (χ0v) is 11.1. The fourth-order valence-corrected chi connectivity index (χ4v) is 1.93. The summed E-state index contributed by atoms with van der Waals surface area (Å²) in [5.41, 5.74) is 2.52. The Hall–Kier alpha value is -2.38. The van der Waals surface area contributed by atoms with Gasteiger partial charge in [-0.2, -0.15) is 18.3 Å². The lowest BCUT2D eigenvalue weighted by Gasteiger charge is -2.08. The highest BCUT2D eigenvalue weighted by atomic mass is 19.4. The summed E-state index contributed by atoms with van der Waals surface area (Å²) >= 11 is 0. The maximum Gasteiger partial charge on any atom is 0.416 e. The van der Waals surface area contributed by atoms with Crippen molar-refractivity contribution in [3.63, 3.8) is 0 Å². The van der Waals surface area contributed by atoms with E-state index in [9.17, 15) is 23.3 Å². The molecular weight excluding hydrogens is 287 g/mol. The molecule has 112 valence electrons. The van der Waals surface area contributed by atoms with Crippen LogP contribution in [0.15, 0.2) is 34.9 Å². The molecule has 2 rings (SSSR count). The van der Waals surface area contributed by atoms with Crippen molar-refractivity contribution in [3.05, 3.63) is 45.5 Å². The lowest BCUT2D eigenvalue weighted by Crippen LogP contribution is -2.07. The summed E-state index contributed by atoms with van der Waals surface area (Å²) in [4.78, 5) is 10.0. The van der Waals surface area contributed by atoms with Crippen LogP contribution in [-0.2, 0) is 6.18 Å². The predicted octanol–water partition coefficient (Wildman–Crippen LogP) is 4.12. The normalized spacial score (nSPS) is 17.0. The molecule has 0 unspecified atom stereocenters. The molecule has 0 aliphatic heterocycles. The maximum atomic E-state index is 12.6. The van der Waals surface area contributed by atoms with E-state index in [-0.39, 0.29) is 5.69 Å². The van der Waals surface area contributed by atoms with Crippen LogP contribution in [0.25, 0.3) is 0 Å². The van der Waals surface area contributed by atoms with Crippen molar-refractivity contribution in [2.75, 3.05) is 5.43 Å².